The summed E-state index contributed by atoms with van der Waals surface area (Å²) >= 11 is 0. The number of benzene rings is 1. The second-order valence-electron chi connectivity index (χ2n) is 4.58. The summed E-state index contributed by atoms with van der Waals surface area (Å²) in [5.41, 5.74) is 0.620. The van der Waals surface area contributed by atoms with Gasteiger partial charge in [-0.3, -0.25) is 9.59 Å². The molecule has 4 nitrogen and oxygen atoms in total. The molecule has 1 N–H and O–H groups in total. The van der Waals surface area contributed by atoms with E-state index in [0.717, 1.165) is 18.6 Å². The van der Waals surface area contributed by atoms with E-state index in [0.29, 0.717) is 18.7 Å². The summed E-state index contributed by atoms with van der Waals surface area (Å²) in [5.74, 6) is 0.679. The van der Waals surface area contributed by atoms with Gasteiger partial charge in [0, 0.05) is 24.9 Å². The zero-order chi connectivity index (χ0) is 14.8. The Hall–Kier alpha value is -1.84. The molecule has 0 aliphatic heterocycles. The number of ketones is 1. The Bertz CT molecular complexity index is 426. The van der Waals surface area contributed by atoms with Crippen LogP contribution >= 0.6 is 0 Å². The zero-order valence-electron chi connectivity index (χ0n) is 12.3. The maximum atomic E-state index is 11.9. The van der Waals surface area contributed by atoms with Gasteiger partial charge in [0.25, 0.3) is 0 Å². The minimum absolute atomic E-state index is 0.0151. The van der Waals surface area contributed by atoms with Crippen molar-refractivity contribution in [2.45, 2.75) is 39.5 Å². The molecule has 1 amide bonds. The van der Waals surface area contributed by atoms with Crippen molar-refractivity contribution in [2.75, 3.05) is 13.2 Å². The molecular weight excluding hydrogens is 254 g/mol. The van der Waals surface area contributed by atoms with Crippen LogP contribution in [0, 0.1) is 0 Å². The van der Waals surface area contributed by atoms with E-state index in [1.807, 2.05) is 6.92 Å². The molecule has 0 spiro atoms. The highest BCUT2D eigenvalue weighted by molar-refractivity contribution is 5.98. The first-order chi connectivity index (χ1) is 9.67. The fourth-order valence-electron chi connectivity index (χ4n) is 1.77. The summed E-state index contributed by atoms with van der Waals surface area (Å²) in [4.78, 5) is 23.4. The Morgan fingerprint density at radius 1 is 1.10 bits per heavy atom. The Balaban J connectivity index is 2.36. The van der Waals surface area contributed by atoms with Gasteiger partial charge < -0.3 is 10.1 Å². The summed E-state index contributed by atoms with van der Waals surface area (Å²) in [7, 11) is 0. The van der Waals surface area contributed by atoms with Gasteiger partial charge in [-0.25, -0.2) is 0 Å². The molecule has 1 aromatic carbocycles. The number of unbranched alkanes of at least 4 members (excludes halogenated alkanes) is 1. The maximum Gasteiger partial charge on any atom is 0.220 e. The SMILES string of the molecule is CCCCNC(=O)CCC(=O)c1ccc(OCC)cc1. The fraction of sp³-hybridized carbons (Fsp3) is 0.500. The summed E-state index contributed by atoms with van der Waals surface area (Å²) in [6, 6.07) is 7.03. The van der Waals surface area contributed by atoms with Crippen LogP contribution in [0.5, 0.6) is 5.75 Å². The molecule has 1 rings (SSSR count). The molecule has 0 fully saturated rings. The third-order valence-corrected chi connectivity index (χ3v) is 2.92. The monoisotopic (exact) mass is 277 g/mol. The average molecular weight is 277 g/mol. The number of hydrogen-bond acceptors (Lipinski definition) is 3. The van der Waals surface area contributed by atoms with Crippen molar-refractivity contribution in [3.05, 3.63) is 29.8 Å². The topological polar surface area (TPSA) is 55.4 Å². The molecule has 20 heavy (non-hydrogen) atoms. The third kappa shape index (κ3) is 5.87. The maximum absolute atomic E-state index is 11.9. The number of nitrogens with one attached hydrogen (secondary N) is 1. The van der Waals surface area contributed by atoms with Gasteiger partial charge in [-0.15, -0.1) is 0 Å². The van der Waals surface area contributed by atoms with E-state index >= 15 is 0 Å². The lowest BCUT2D eigenvalue weighted by Gasteiger charge is -2.05. The van der Waals surface area contributed by atoms with Crippen LogP contribution in [-0.2, 0) is 4.79 Å². The van der Waals surface area contributed by atoms with Crippen LogP contribution in [0.25, 0.3) is 0 Å². The first-order valence-corrected chi connectivity index (χ1v) is 7.20. The van der Waals surface area contributed by atoms with E-state index in [4.69, 9.17) is 4.74 Å². The van der Waals surface area contributed by atoms with Gasteiger partial charge in [-0.05, 0) is 37.6 Å². The molecule has 110 valence electrons. The minimum Gasteiger partial charge on any atom is -0.494 e. The van der Waals surface area contributed by atoms with Crippen LogP contribution < -0.4 is 10.1 Å². The van der Waals surface area contributed by atoms with Gasteiger partial charge in [0.05, 0.1) is 6.61 Å². The van der Waals surface area contributed by atoms with E-state index in [2.05, 4.69) is 12.2 Å². The first-order valence-electron chi connectivity index (χ1n) is 7.20. The van der Waals surface area contributed by atoms with E-state index in [-0.39, 0.29) is 24.5 Å². The van der Waals surface area contributed by atoms with Gasteiger partial charge in [0.1, 0.15) is 5.75 Å². The van der Waals surface area contributed by atoms with Crippen molar-refractivity contribution in [3.63, 3.8) is 0 Å². The van der Waals surface area contributed by atoms with Crippen molar-refractivity contribution in [2.24, 2.45) is 0 Å². The molecule has 0 aliphatic carbocycles. The number of amides is 1. The summed E-state index contributed by atoms with van der Waals surface area (Å²) < 4.78 is 5.32. The molecule has 0 radical (unpaired) electrons. The molecule has 0 saturated carbocycles. The van der Waals surface area contributed by atoms with Gasteiger partial charge in [0.15, 0.2) is 5.78 Å². The molecule has 0 heterocycles. The van der Waals surface area contributed by atoms with Gasteiger partial charge in [0.2, 0.25) is 5.91 Å². The lowest BCUT2D eigenvalue weighted by atomic mass is 10.1. The number of ether oxygens (including phenoxy) is 1. The molecule has 0 aromatic heterocycles. The van der Waals surface area contributed by atoms with Crippen molar-refractivity contribution < 1.29 is 14.3 Å². The highest BCUT2D eigenvalue weighted by Gasteiger charge is 2.09. The standard InChI is InChI=1S/C16H23NO3/c1-3-5-12-17-16(19)11-10-15(18)13-6-8-14(9-7-13)20-4-2/h6-9H,3-5,10-12H2,1-2H3,(H,17,19). The minimum atomic E-state index is -0.0577. The molecule has 0 saturated heterocycles. The summed E-state index contributed by atoms with van der Waals surface area (Å²) in [6.45, 7) is 5.27. The normalized spacial score (nSPS) is 10.1. The molecule has 0 aliphatic rings. The van der Waals surface area contributed by atoms with E-state index in [1.54, 1.807) is 24.3 Å². The summed E-state index contributed by atoms with van der Waals surface area (Å²) in [5, 5.41) is 2.81. The van der Waals surface area contributed by atoms with E-state index < -0.39 is 0 Å². The number of hydrogen-bond donors (Lipinski definition) is 1. The Morgan fingerprint density at radius 3 is 2.40 bits per heavy atom. The fourth-order valence-corrected chi connectivity index (χ4v) is 1.77. The first kappa shape index (κ1) is 16.2. The van der Waals surface area contributed by atoms with Crippen LogP contribution in [0.1, 0.15) is 49.9 Å². The highest BCUT2D eigenvalue weighted by Crippen LogP contribution is 2.13. The predicted octanol–water partition coefficient (Wildman–Crippen LogP) is 2.96. The van der Waals surface area contributed by atoms with Crippen molar-refractivity contribution >= 4 is 11.7 Å². The Morgan fingerprint density at radius 2 is 1.80 bits per heavy atom. The quantitative estimate of drug-likeness (QED) is 0.557. The molecule has 4 heteroatoms. The van der Waals surface area contributed by atoms with Crippen LogP contribution in [-0.4, -0.2) is 24.8 Å². The molecule has 0 atom stereocenters. The van der Waals surface area contributed by atoms with Crippen molar-refractivity contribution in [1.82, 2.24) is 5.32 Å². The second-order valence-corrected chi connectivity index (χ2v) is 4.58. The molecular formula is C16H23NO3. The third-order valence-electron chi connectivity index (χ3n) is 2.92. The van der Waals surface area contributed by atoms with Crippen LogP contribution in [0.4, 0.5) is 0 Å². The van der Waals surface area contributed by atoms with Crippen LogP contribution in [0.15, 0.2) is 24.3 Å². The van der Waals surface area contributed by atoms with Gasteiger partial charge >= 0.3 is 0 Å². The summed E-state index contributed by atoms with van der Waals surface area (Å²) in [6.07, 6.45) is 2.51. The van der Waals surface area contributed by atoms with Crippen LogP contribution in [0.2, 0.25) is 0 Å². The highest BCUT2D eigenvalue weighted by atomic mass is 16.5. The average Bonchev–Trinajstić information content (AvgIpc) is 2.46. The molecule has 0 bridgehead atoms. The number of carbonyl (C=O) groups is 2. The largest absolute Gasteiger partial charge is 0.494 e. The van der Waals surface area contributed by atoms with Crippen LogP contribution in [0.3, 0.4) is 0 Å². The number of Topliss-reactive ketones (excluding diaryl/α,β-unsaturated/α-hetero) is 1. The Labute approximate surface area is 120 Å². The van der Waals surface area contributed by atoms with Gasteiger partial charge in [-0.2, -0.15) is 0 Å². The van der Waals surface area contributed by atoms with E-state index in [9.17, 15) is 9.59 Å². The zero-order valence-corrected chi connectivity index (χ0v) is 12.3. The smallest absolute Gasteiger partial charge is 0.220 e. The lowest BCUT2D eigenvalue weighted by Crippen LogP contribution is -2.24. The van der Waals surface area contributed by atoms with Crippen molar-refractivity contribution in [1.29, 1.82) is 0 Å². The Kier molecular flexibility index (Phi) is 7.40. The molecule has 0 unspecified atom stereocenters. The van der Waals surface area contributed by atoms with Crippen molar-refractivity contribution in [3.8, 4) is 5.75 Å². The number of rotatable bonds is 9. The second kappa shape index (κ2) is 9.13. The predicted molar refractivity (Wildman–Crippen MR) is 79.1 cm³/mol. The molecule has 1 aromatic rings. The van der Waals surface area contributed by atoms with E-state index in [1.165, 1.54) is 0 Å². The van der Waals surface area contributed by atoms with Gasteiger partial charge in [-0.1, -0.05) is 13.3 Å². The lowest BCUT2D eigenvalue weighted by molar-refractivity contribution is -0.121. The number of carbonyl (C=O) groups excluding carboxylic acids is 2.